The molecule has 0 amide bonds. The van der Waals surface area contributed by atoms with Crippen LogP contribution >= 0.6 is 0 Å². The molecule has 0 aromatic carbocycles. The topological polar surface area (TPSA) is 60.7 Å². The number of aliphatic hydroxyl groups excluding tert-OH is 2. The zero-order valence-corrected chi connectivity index (χ0v) is 9.37. The summed E-state index contributed by atoms with van der Waals surface area (Å²) in [7, 11) is 0. The molecule has 0 saturated heterocycles. The van der Waals surface area contributed by atoms with Crippen molar-refractivity contribution in [3.63, 3.8) is 0 Å². The summed E-state index contributed by atoms with van der Waals surface area (Å²) >= 11 is 0. The van der Waals surface area contributed by atoms with Crippen LogP contribution in [0.25, 0.3) is 0 Å². The molecular weight excluding hydrogens is 180 g/mol. The van der Waals surface area contributed by atoms with E-state index in [2.05, 4.69) is 6.92 Å². The van der Waals surface area contributed by atoms with Crippen LogP contribution in [0.1, 0.15) is 52.4 Å². The maximum absolute atomic E-state index is 9.75. The number of hydrogen-bond donors (Lipinski definition) is 3. The Morgan fingerprint density at radius 2 is 1.79 bits per heavy atom. The van der Waals surface area contributed by atoms with Crippen LogP contribution in [0.3, 0.4) is 0 Å². The molecule has 0 heterocycles. The van der Waals surface area contributed by atoms with Gasteiger partial charge in [0.05, 0.1) is 12.7 Å². The van der Waals surface area contributed by atoms with Gasteiger partial charge in [-0.15, -0.1) is 0 Å². The Labute approximate surface area is 86.8 Å². The second-order valence-corrected chi connectivity index (χ2v) is 3.98. The first-order valence-corrected chi connectivity index (χ1v) is 5.62. The van der Waals surface area contributed by atoms with Crippen LogP contribution in [0.15, 0.2) is 0 Å². The van der Waals surface area contributed by atoms with Crippen molar-refractivity contribution in [3.8, 4) is 0 Å². The average molecular weight is 204 g/mol. The largest absolute Gasteiger partial charge is 0.393 e. The molecule has 3 heteroatoms. The van der Waals surface area contributed by atoms with Crippen molar-refractivity contribution >= 4 is 0 Å². The quantitative estimate of drug-likeness (QED) is 0.524. The Balaban J connectivity index is 3.75. The van der Waals surface area contributed by atoms with Crippen LogP contribution < -0.4 is 0 Å². The number of rotatable bonds is 8. The molecule has 14 heavy (non-hydrogen) atoms. The van der Waals surface area contributed by atoms with Crippen molar-refractivity contribution in [2.75, 3.05) is 6.61 Å². The highest BCUT2D eigenvalue weighted by Crippen LogP contribution is 2.19. The Morgan fingerprint density at radius 3 is 2.21 bits per heavy atom. The van der Waals surface area contributed by atoms with Gasteiger partial charge < -0.3 is 15.3 Å². The lowest BCUT2D eigenvalue weighted by Gasteiger charge is -2.29. The molecule has 0 radical (unpaired) electrons. The van der Waals surface area contributed by atoms with E-state index in [1.54, 1.807) is 6.92 Å². The first-order valence-electron chi connectivity index (χ1n) is 5.62. The summed E-state index contributed by atoms with van der Waals surface area (Å²) < 4.78 is 0. The monoisotopic (exact) mass is 204 g/mol. The standard InChI is InChI=1S/C11H24O3/c1-3-5-6-7-8-10(13)11(14,4-2)9-12/h10,12-14H,3-9H2,1-2H3. The first-order chi connectivity index (χ1) is 6.60. The fourth-order valence-corrected chi connectivity index (χ4v) is 1.49. The van der Waals surface area contributed by atoms with E-state index < -0.39 is 11.7 Å². The molecule has 0 fully saturated rings. The van der Waals surface area contributed by atoms with Gasteiger partial charge in [-0.2, -0.15) is 0 Å². The Hall–Kier alpha value is -0.120. The van der Waals surface area contributed by atoms with E-state index in [1.807, 2.05) is 0 Å². The molecule has 0 spiro atoms. The fourth-order valence-electron chi connectivity index (χ4n) is 1.49. The molecule has 0 rings (SSSR count). The highest BCUT2D eigenvalue weighted by molar-refractivity contribution is 4.84. The Morgan fingerprint density at radius 1 is 1.14 bits per heavy atom. The van der Waals surface area contributed by atoms with Gasteiger partial charge in [0.1, 0.15) is 5.60 Å². The predicted octanol–water partition coefficient (Wildman–Crippen LogP) is 1.45. The lowest BCUT2D eigenvalue weighted by molar-refractivity contribution is -0.110. The lowest BCUT2D eigenvalue weighted by Crippen LogP contribution is -2.45. The van der Waals surface area contributed by atoms with Crippen LogP contribution in [-0.4, -0.2) is 33.6 Å². The summed E-state index contributed by atoms with van der Waals surface area (Å²) in [4.78, 5) is 0. The fraction of sp³-hybridized carbons (Fsp3) is 1.00. The minimum Gasteiger partial charge on any atom is -0.393 e. The Bertz CT molecular complexity index is 132. The summed E-state index contributed by atoms with van der Waals surface area (Å²) in [5.74, 6) is 0. The molecule has 0 aromatic rings. The summed E-state index contributed by atoms with van der Waals surface area (Å²) in [5, 5.41) is 28.4. The maximum Gasteiger partial charge on any atom is 0.113 e. The normalized spacial score (nSPS) is 17.8. The van der Waals surface area contributed by atoms with E-state index in [4.69, 9.17) is 5.11 Å². The molecule has 0 saturated carbocycles. The van der Waals surface area contributed by atoms with Gasteiger partial charge in [-0.05, 0) is 12.8 Å². The summed E-state index contributed by atoms with van der Waals surface area (Å²) in [5.41, 5.74) is -1.30. The van der Waals surface area contributed by atoms with Gasteiger partial charge in [-0.25, -0.2) is 0 Å². The van der Waals surface area contributed by atoms with Crippen molar-refractivity contribution in [2.24, 2.45) is 0 Å². The number of aliphatic hydroxyl groups is 3. The molecule has 0 bridgehead atoms. The van der Waals surface area contributed by atoms with Crippen molar-refractivity contribution in [3.05, 3.63) is 0 Å². The molecule has 86 valence electrons. The molecule has 0 aromatic heterocycles. The lowest BCUT2D eigenvalue weighted by atomic mass is 9.91. The van der Waals surface area contributed by atoms with E-state index in [1.165, 1.54) is 0 Å². The number of unbranched alkanes of at least 4 members (excludes halogenated alkanes) is 3. The molecule has 3 N–H and O–H groups in total. The van der Waals surface area contributed by atoms with Gasteiger partial charge in [-0.3, -0.25) is 0 Å². The smallest absolute Gasteiger partial charge is 0.113 e. The third-order valence-electron chi connectivity index (χ3n) is 2.84. The SMILES string of the molecule is CCCCCCC(O)C(O)(CC)CO. The molecular formula is C11H24O3. The minimum atomic E-state index is -1.30. The zero-order valence-electron chi connectivity index (χ0n) is 9.37. The first kappa shape index (κ1) is 13.9. The molecule has 2 unspecified atom stereocenters. The van der Waals surface area contributed by atoms with Gasteiger partial charge in [0, 0.05) is 0 Å². The van der Waals surface area contributed by atoms with E-state index in [-0.39, 0.29) is 6.61 Å². The van der Waals surface area contributed by atoms with Crippen molar-refractivity contribution in [1.82, 2.24) is 0 Å². The van der Waals surface area contributed by atoms with E-state index in [9.17, 15) is 10.2 Å². The van der Waals surface area contributed by atoms with Crippen LogP contribution in [0, 0.1) is 0 Å². The van der Waals surface area contributed by atoms with Crippen LogP contribution in [-0.2, 0) is 0 Å². The van der Waals surface area contributed by atoms with Crippen molar-refractivity contribution in [1.29, 1.82) is 0 Å². The van der Waals surface area contributed by atoms with Crippen molar-refractivity contribution in [2.45, 2.75) is 64.1 Å². The van der Waals surface area contributed by atoms with Crippen LogP contribution in [0.5, 0.6) is 0 Å². The molecule has 3 nitrogen and oxygen atoms in total. The second kappa shape index (κ2) is 7.21. The highest BCUT2D eigenvalue weighted by atomic mass is 16.4. The van der Waals surface area contributed by atoms with Gasteiger partial charge >= 0.3 is 0 Å². The van der Waals surface area contributed by atoms with Gasteiger partial charge in [0.25, 0.3) is 0 Å². The molecule has 2 atom stereocenters. The zero-order chi connectivity index (χ0) is 11.0. The van der Waals surface area contributed by atoms with Crippen LogP contribution in [0.2, 0.25) is 0 Å². The third-order valence-corrected chi connectivity index (χ3v) is 2.84. The minimum absolute atomic E-state index is 0.363. The average Bonchev–Trinajstić information content (AvgIpc) is 2.22. The Kier molecular flexibility index (Phi) is 7.15. The van der Waals surface area contributed by atoms with E-state index in [0.717, 1.165) is 25.7 Å². The molecule has 0 aliphatic rings. The summed E-state index contributed by atoms with van der Waals surface area (Å²) in [6.07, 6.45) is 4.48. The van der Waals surface area contributed by atoms with Crippen LogP contribution in [0.4, 0.5) is 0 Å². The van der Waals surface area contributed by atoms with E-state index in [0.29, 0.717) is 12.8 Å². The molecule has 0 aliphatic carbocycles. The molecule has 0 aliphatic heterocycles. The summed E-state index contributed by atoms with van der Waals surface area (Å²) in [6, 6.07) is 0. The highest BCUT2D eigenvalue weighted by Gasteiger charge is 2.32. The second-order valence-electron chi connectivity index (χ2n) is 3.98. The van der Waals surface area contributed by atoms with Crippen molar-refractivity contribution < 1.29 is 15.3 Å². The van der Waals surface area contributed by atoms with Gasteiger partial charge in [-0.1, -0.05) is 39.5 Å². The van der Waals surface area contributed by atoms with Gasteiger partial charge in [0.15, 0.2) is 0 Å². The third kappa shape index (κ3) is 4.40. The van der Waals surface area contributed by atoms with Gasteiger partial charge in [0.2, 0.25) is 0 Å². The number of hydrogen-bond acceptors (Lipinski definition) is 3. The van der Waals surface area contributed by atoms with E-state index >= 15 is 0 Å². The maximum atomic E-state index is 9.75. The summed E-state index contributed by atoms with van der Waals surface area (Å²) in [6.45, 7) is 3.54. The predicted molar refractivity (Wildman–Crippen MR) is 57.1 cm³/mol.